The third kappa shape index (κ3) is 4.50. The highest BCUT2D eigenvalue weighted by Crippen LogP contribution is 2.30. The number of thiazole rings is 1. The smallest absolute Gasteiger partial charge is 0.261 e. The van der Waals surface area contributed by atoms with Crippen LogP contribution in [-0.4, -0.2) is 34.2 Å². The van der Waals surface area contributed by atoms with Crippen LogP contribution in [0.5, 0.6) is 0 Å². The number of hydrogen-bond donors (Lipinski definition) is 1. The first-order valence-corrected chi connectivity index (χ1v) is 12.2. The van der Waals surface area contributed by atoms with Crippen molar-refractivity contribution in [2.24, 2.45) is 5.92 Å². The summed E-state index contributed by atoms with van der Waals surface area (Å²) < 4.78 is 0. The molecule has 0 radical (unpaired) electrons. The van der Waals surface area contributed by atoms with Gasteiger partial charge >= 0.3 is 0 Å². The summed E-state index contributed by atoms with van der Waals surface area (Å²) in [7, 11) is 0. The van der Waals surface area contributed by atoms with Crippen LogP contribution in [0.15, 0.2) is 78.2 Å². The molecule has 1 aromatic heterocycles. The maximum atomic E-state index is 12.8. The highest BCUT2D eigenvalue weighted by atomic mass is 32.1. The van der Waals surface area contributed by atoms with Gasteiger partial charge in [0.15, 0.2) is 0 Å². The molecular weight excluding hydrogens is 458 g/mol. The van der Waals surface area contributed by atoms with Crippen molar-refractivity contribution in [2.45, 2.75) is 13.8 Å². The lowest BCUT2D eigenvalue weighted by Gasteiger charge is -2.15. The summed E-state index contributed by atoms with van der Waals surface area (Å²) in [6, 6.07) is 22.1. The number of benzene rings is 3. The predicted molar refractivity (Wildman–Crippen MR) is 138 cm³/mol. The first-order chi connectivity index (χ1) is 16.9. The van der Waals surface area contributed by atoms with Crippen LogP contribution in [0.3, 0.4) is 0 Å². The predicted octanol–water partition coefficient (Wildman–Crippen LogP) is 5.98. The number of hydrogen-bond acceptors (Lipinski definition) is 5. The highest BCUT2D eigenvalue weighted by Gasteiger charge is 2.36. The lowest BCUT2D eigenvalue weighted by atomic mass is 10.1. The van der Waals surface area contributed by atoms with Gasteiger partial charge in [-0.05, 0) is 36.2 Å². The van der Waals surface area contributed by atoms with Crippen molar-refractivity contribution in [3.8, 4) is 21.8 Å². The topological polar surface area (TPSA) is 79.4 Å². The summed E-state index contributed by atoms with van der Waals surface area (Å²) in [6.07, 6.45) is 0. The van der Waals surface area contributed by atoms with E-state index < -0.39 is 0 Å². The minimum absolute atomic E-state index is 0.164. The molecule has 0 atom stereocenters. The van der Waals surface area contributed by atoms with E-state index in [2.05, 4.69) is 5.32 Å². The van der Waals surface area contributed by atoms with Crippen molar-refractivity contribution in [1.82, 2.24) is 9.88 Å². The Kier molecular flexibility index (Phi) is 6.01. The van der Waals surface area contributed by atoms with Crippen LogP contribution in [0.2, 0.25) is 0 Å². The molecule has 5 rings (SSSR count). The molecule has 3 amide bonds. The summed E-state index contributed by atoms with van der Waals surface area (Å²) in [4.78, 5) is 44.1. The number of carbonyl (C=O) groups is 3. The normalized spacial score (nSPS) is 12.8. The van der Waals surface area contributed by atoms with Crippen LogP contribution >= 0.6 is 11.3 Å². The summed E-state index contributed by atoms with van der Waals surface area (Å²) in [6.45, 7) is 4.25. The van der Waals surface area contributed by atoms with Gasteiger partial charge in [-0.2, -0.15) is 0 Å². The molecule has 7 heteroatoms. The number of anilines is 1. The van der Waals surface area contributed by atoms with Gasteiger partial charge in [-0.1, -0.05) is 56.3 Å². The Labute approximate surface area is 207 Å². The van der Waals surface area contributed by atoms with Gasteiger partial charge in [0, 0.05) is 34.3 Å². The fourth-order valence-corrected chi connectivity index (χ4v) is 4.85. The maximum Gasteiger partial charge on any atom is 0.261 e. The van der Waals surface area contributed by atoms with E-state index in [0.29, 0.717) is 23.4 Å². The minimum atomic E-state index is -0.351. The Bertz CT molecular complexity index is 1430. The van der Waals surface area contributed by atoms with E-state index in [0.717, 1.165) is 21.8 Å². The fourth-order valence-electron chi connectivity index (χ4n) is 4.01. The largest absolute Gasteiger partial charge is 0.322 e. The molecule has 0 saturated carbocycles. The van der Waals surface area contributed by atoms with Crippen LogP contribution in [0.4, 0.5) is 5.69 Å². The van der Waals surface area contributed by atoms with Gasteiger partial charge in [0.2, 0.25) is 0 Å². The van der Waals surface area contributed by atoms with Gasteiger partial charge in [-0.25, -0.2) is 4.98 Å². The molecule has 6 nitrogen and oxygen atoms in total. The molecule has 0 unspecified atom stereocenters. The van der Waals surface area contributed by atoms with Crippen molar-refractivity contribution in [3.63, 3.8) is 0 Å². The number of aromatic nitrogens is 1. The Hall–Kier alpha value is -4.10. The molecular formula is C28H23N3O3S. The second-order valence-corrected chi connectivity index (χ2v) is 9.67. The Morgan fingerprint density at radius 2 is 1.63 bits per heavy atom. The Balaban J connectivity index is 1.29. The van der Waals surface area contributed by atoms with E-state index in [1.165, 1.54) is 11.0 Å². The van der Waals surface area contributed by atoms with Gasteiger partial charge < -0.3 is 5.32 Å². The molecule has 1 aliphatic rings. The highest BCUT2D eigenvalue weighted by molar-refractivity contribution is 7.13. The second kappa shape index (κ2) is 9.27. The molecule has 1 aliphatic heterocycles. The monoisotopic (exact) mass is 481 g/mol. The van der Waals surface area contributed by atoms with E-state index in [1.54, 1.807) is 23.5 Å². The average Bonchev–Trinajstić information content (AvgIpc) is 3.45. The average molecular weight is 482 g/mol. The number of nitrogens with one attached hydrogen (secondary N) is 1. The SMILES string of the molecule is CC(C)CN1C(=O)c2ccc(C(=O)Nc3ccc(-c4csc(-c5ccccc5)n4)cc3)cc2C1=O. The lowest BCUT2D eigenvalue weighted by molar-refractivity contribution is 0.0636. The minimum Gasteiger partial charge on any atom is -0.322 e. The van der Waals surface area contributed by atoms with Crippen LogP contribution in [-0.2, 0) is 0 Å². The second-order valence-electron chi connectivity index (χ2n) is 8.81. The van der Waals surface area contributed by atoms with E-state index in [-0.39, 0.29) is 29.2 Å². The zero-order chi connectivity index (χ0) is 24.5. The van der Waals surface area contributed by atoms with Crippen LogP contribution in [0, 0.1) is 5.92 Å². The molecule has 2 heterocycles. The number of rotatable bonds is 6. The van der Waals surface area contributed by atoms with Gasteiger partial charge in [-0.15, -0.1) is 11.3 Å². The number of imide groups is 1. The molecule has 4 aromatic rings. The lowest BCUT2D eigenvalue weighted by Crippen LogP contribution is -2.33. The quantitative estimate of drug-likeness (QED) is 0.344. The van der Waals surface area contributed by atoms with E-state index >= 15 is 0 Å². The molecule has 3 aromatic carbocycles. The molecule has 35 heavy (non-hydrogen) atoms. The molecule has 0 bridgehead atoms. The van der Waals surface area contributed by atoms with Crippen molar-refractivity contribution < 1.29 is 14.4 Å². The van der Waals surface area contributed by atoms with Crippen LogP contribution < -0.4 is 5.32 Å². The molecule has 0 aliphatic carbocycles. The van der Waals surface area contributed by atoms with Gasteiger partial charge in [0.25, 0.3) is 17.7 Å². The first-order valence-electron chi connectivity index (χ1n) is 11.3. The van der Waals surface area contributed by atoms with Crippen molar-refractivity contribution in [2.75, 3.05) is 11.9 Å². The summed E-state index contributed by atoms with van der Waals surface area (Å²) in [5, 5.41) is 5.83. The molecule has 174 valence electrons. The molecule has 1 N–H and O–H groups in total. The Morgan fingerprint density at radius 1 is 0.914 bits per heavy atom. The maximum absolute atomic E-state index is 12.8. The zero-order valence-electron chi connectivity index (χ0n) is 19.3. The molecule has 0 saturated heterocycles. The third-order valence-corrected chi connectivity index (χ3v) is 6.64. The summed E-state index contributed by atoms with van der Waals surface area (Å²) in [5.41, 5.74) is 4.47. The fraction of sp³-hybridized carbons (Fsp3) is 0.143. The summed E-state index contributed by atoms with van der Waals surface area (Å²) >= 11 is 1.59. The van der Waals surface area contributed by atoms with E-state index in [9.17, 15) is 14.4 Å². The molecule has 0 spiro atoms. The van der Waals surface area contributed by atoms with E-state index in [4.69, 9.17) is 4.98 Å². The molecule has 0 fully saturated rings. The first kappa shape index (κ1) is 22.7. The van der Waals surface area contributed by atoms with E-state index in [1.807, 2.05) is 73.8 Å². The standard InChI is InChI=1S/C28H23N3O3S/c1-17(2)15-31-27(33)22-13-10-20(14-23(22)28(31)34)25(32)29-21-11-8-18(9-12-21)24-16-35-26(30-24)19-6-4-3-5-7-19/h3-14,16-17H,15H2,1-2H3,(H,29,32). The number of carbonyl (C=O) groups excluding carboxylic acids is 3. The zero-order valence-corrected chi connectivity index (χ0v) is 20.1. The summed E-state index contributed by atoms with van der Waals surface area (Å²) in [5.74, 6) is -0.838. The number of amides is 3. The van der Waals surface area contributed by atoms with Crippen molar-refractivity contribution in [3.05, 3.63) is 94.9 Å². The van der Waals surface area contributed by atoms with Crippen LogP contribution in [0.1, 0.15) is 44.9 Å². The van der Waals surface area contributed by atoms with Gasteiger partial charge in [0.1, 0.15) is 5.01 Å². The number of nitrogens with zero attached hydrogens (tertiary/aromatic N) is 2. The van der Waals surface area contributed by atoms with Gasteiger partial charge in [0.05, 0.1) is 16.8 Å². The Morgan fingerprint density at radius 3 is 2.34 bits per heavy atom. The van der Waals surface area contributed by atoms with Gasteiger partial charge in [-0.3, -0.25) is 19.3 Å². The van der Waals surface area contributed by atoms with Crippen molar-refractivity contribution >= 4 is 34.7 Å². The van der Waals surface area contributed by atoms with Crippen LogP contribution in [0.25, 0.3) is 21.8 Å². The van der Waals surface area contributed by atoms with Crippen molar-refractivity contribution in [1.29, 1.82) is 0 Å². The third-order valence-electron chi connectivity index (χ3n) is 5.74. The number of fused-ring (bicyclic) bond motifs is 1.